The first kappa shape index (κ1) is 18.0. The van der Waals surface area contributed by atoms with Gasteiger partial charge in [-0.3, -0.25) is 9.89 Å². The Labute approximate surface area is 141 Å². The van der Waals surface area contributed by atoms with Gasteiger partial charge in [-0.2, -0.15) is 0 Å². The maximum Gasteiger partial charge on any atom is 0.191 e. The summed E-state index contributed by atoms with van der Waals surface area (Å²) >= 11 is 0. The Bertz CT molecular complexity index is 290. The lowest BCUT2D eigenvalue weighted by Crippen LogP contribution is -2.45. The molecule has 4 nitrogen and oxygen atoms in total. The van der Waals surface area contributed by atoms with Crippen LogP contribution in [-0.4, -0.2) is 49.1 Å². The second-order valence-corrected chi connectivity index (χ2v) is 5.82. The number of hydrogen-bond acceptors (Lipinski definition) is 2. The van der Waals surface area contributed by atoms with Gasteiger partial charge in [-0.1, -0.05) is 19.8 Å². The number of hydrogen-bond donors (Lipinski definition) is 2. The van der Waals surface area contributed by atoms with E-state index in [4.69, 9.17) is 0 Å². The van der Waals surface area contributed by atoms with Crippen LogP contribution < -0.4 is 10.6 Å². The molecule has 5 heteroatoms. The molecule has 2 rings (SSSR count). The summed E-state index contributed by atoms with van der Waals surface area (Å²) in [6, 6.07) is 1.44. The molecule has 1 unspecified atom stereocenters. The van der Waals surface area contributed by atoms with Gasteiger partial charge in [0.15, 0.2) is 5.96 Å². The fourth-order valence-electron chi connectivity index (χ4n) is 3.24. The SMILES string of the molecule is CCCN=C(NCC)NC1CCN(C2CCCC2)C1.I. The molecular weight excluding hydrogens is 363 g/mol. The molecule has 1 heterocycles. The number of nitrogens with zero attached hydrogens (tertiary/aromatic N) is 2. The molecule has 2 fully saturated rings. The minimum atomic E-state index is 0. The van der Waals surface area contributed by atoms with E-state index >= 15 is 0 Å². The number of halogens is 1. The molecule has 1 aliphatic carbocycles. The first-order valence-corrected chi connectivity index (χ1v) is 8.12. The van der Waals surface area contributed by atoms with E-state index in [1.807, 2.05) is 0 Å². The van der Waals surface area contributed by atoms with Crippen LogP contribution in [0.3, 0.4) is 0 Å². The molecule has 0 aromatic carbocycles. The molecule has 0 bridgehead atoms. The van der Waals surface area contributed by atoms with Gasteiger partial charge < -0.3 is 10.6 Å². The van der Waals surface area contributed by atoms with Crippen molar-refractivity contribution in [3.8, 4) is 0 Å². The summed E-state index contributed by atoms with van der Waals surface area (Å²) in [7, 11) is 0. The van der Waals surface area contributed by atoms with Gasteiger partial charge in [0.25, 0.3) is 0 Å². The molecule has 0 spiro atoms. The fraction of sp³-hybridized carbons (Fsp3) is 0.933. The molecule has 1 saturated heterocycles. The van der Waals surface area contributed by atoms with Gasteiger partial charge in [0, 0.05) is 38.3 Å². The Morgan fingerprint density at radius 2 is 1.95 bits per heavy atom. The van der Waals surface area contributed by atoms with E-state index in [2.05, 4.69) is 34.4 Å². The maximum absolute atomic E-state index is 4.59. The van der Waals surface area contributed by atoms with Gasteiger partial charge in [0.2, 0.25) is 0 Å². The van der Waals surface area contributed by atoms with Crippen LogP contribution in [0.15, 0.2) is 4.99 Å². The van der Waals surface area contributed by atoms with Crippen LogP contribution in [0.1, 0.15) is 52.4 Å². The highest BCUT2D eigenvalue weighted by Gasteiger charge is 2.30. The summed E-state index contributed by atoms with van der Waals surface area (Å²) in [5.74, 6) is 1.00. The van der Waals surface area contributed by atoms with Crippen LogP contribution in [0.25, 0.3) is 0 Å². The van der Waals surface area contributed by atoms with Gasteiger partial charge in [-0.15, -0.1) is 24.0 Å². The molecule has 0 aromatic rings. The number of rotatable bonds is 5. The lowest BCUT2D eigenvalue weighted by Gasteiger charge is -2.24. The average molecular weight is 394 g/mol. The maximum atomic E-state index is 4.59. The highest BCUT2D eigenvalue weighted by Crippen LogP contribution is 2.26. The molecule has 2 N–H and O–H groups in total. The summed E-state index contributed by atoms with van der Waals surface area (Å²) in [6.07, 6.45) is 8.05. The zero-order valence-corrected chi connectivity index (χ0v) is 15.4. The lowest BCUT2D eigenvalue weighted by atomic mass is 10.2. The van der Waals surface area contributed by atoms with E-state index in [0.717, 1.165) is 31.5 Å². The molecule has 1 aliphatic heterocycles. The Morgan fingerprint density at radius 1 is 1.20 bits per heavy atom. The number of guanidine groups is 1. The zero-order chi connectivity index (χ0) is 13.5. The highest BCUT2D eigenvalue weighted by molar-refractivity contribution is 14.0. The third-order valence-electron chi connectivity index (χ3n) is 4.24. The van der Waals surface area contributed by atoms with E-state index in [1.165, 1.54) is 45.2 Å². The molecule has 0 radical (unpaired) electrons. The molecule has 0 amide bonds. The zero-order valence-electron chi connectivity index (χ0n) is 13.0. The molecule has 20 heavy (non-hydrogen) atoms. The van der Waals surface area contributed by atoms with Crippen molar-refractivity contribution < 1.29 is 0 Å². The van der Waals surface area contributed by atoms with Crippen molar-refractivity contribution in [1.29, 1.82) is 0 Å². The Hall–Kier alpha value is -0.0400. The van der Waals surface area contributed by atoms with Crippen LogP contribution in [0.5, 0.6) is 0 Å². The third kappa shape index (κ3) is 5.39. The van der Waals surface area contributed by atoms with Gasteiger partial charge in [-0.25, -0.2) is 0 Å². The van der Waals surface area contributed by atoms with E-state index in [0.29, 0.717) is 6.04 Å². The second kappa shape index (κ2) is 9.82. The smallest absolute Gasteiger partial charge is 0.191 e. The third-order valence-corrected chi connectivity index (χ3v) is 4.24. The van der Waals surface area contributed by atoms with Crippen molar-refractivity contribution in [1.82, 2.24) is 15.5 Å². The van der Waals surface area contributed by atoms with Crippen LogP contribution in [0, 0.1) is 0 Å². The Morgan fingerprint density at radius 3 is 2.60 bits per heavy atom. The average Bonchev–Trinajstić information content (AvgIpc) is 3.06. The van der Waals surface area contributed by atoms with E-state index in [-0.39, 0.29) is 24.0 Å². The van der Waals surface area contributed by atoms with Gasteiger partial charge in [0.05, 0.1) is 0 Å². The molecule has 1 saturated carbocycles. The molecular formula is C15H31IN4. The quantitative estimate of drug-likeness (QED) is 0.428. The first-order chi connectivity index (χ1) is 9.33. The summed E-state index contributed by atoms with van der Waals surface area (Å²) in [4.78, 5) is 7.28. The summed E-state index contributed by atoms with van der Waals surface area (Å²) < 4.78 is 0. The van der Waals surface area contributed by atoms with E-state index in [1.54, 1.807) is 0 Å². The highest BCUT2D eigenvalue weighted by atomic mass is 127. The van der Waals surface area contributed by atoms with Crippen LogP contribution in [0.2, 0.25) is 0 Å². The fourth-order valence-corrected chi connectivity index (χ4v) is 3.24. The van der Waals surface area contributed by atoms with Gasteiger partial charge in [0.1, 0.15) is 0 Å². The largest absolute Gasteiger partial charge is 0.357 e. The minimum absolute atomic E-state index is 0. The number of nitrogens with one attached hydrogen (secondary N) is 2. The van der Waals surface area contributed by atoms with Crippen molar-refractivity contribution in [3.63, 3.8) is 0 Å². The molecule has 1 atom stereocenters. The minimum Gasteiger partial charge on any atom is -0.357 e. The van der Waals surface area contributed by atoms with Crippen molar-refractivity contribution >= 4 is 29.9 Å². The molecule has 0 aromatic heterocycles. The van der Waals surface area contributed by atoms with E-state index < -0.39 is 0 Å². The summed E-state index contributed by atoms with van der Waals surface area (Å²) in [5.41, 5.74) is 0. The van der Waals surface area contributed by atoms with Gasteiger partial charge in [-0.05, 0) is 32.6 Å². The van der Waals surface area contributed by atoms with Crippen LogP contribution in [-0.2, 0) is 0 Å². The van der Waals surface area contributed by atoms with Crippen LogP contribution in [0.4, 0.5) is 0 Å². The summed E-state index contributed by atoms with van der Waals surface area (Å²) in [6.45, 7) is 8.60. The van der Waals surface area contributed by atoms with Crippen molar-refractivity contribution in [2.75, 3.05) is 26.2 Å². The number of aliphatic imine (C=N–C) groups is 1. The monoisotopic (exact) mass is 394 g/mol. The van der Waals surface area contributed by atoms with Crippen molar-refractivity contribution in [2.24, 2.45) is 4.99 Å². The summed E-state index contributed by atoms with van der Waals surface area (Å²) in [5, 5.41) is 6.95. The van der Waals surface area contributed by atoms with Gasteiger partial charge >= 0.3 is 0 Å². The Kier molecular flexibility index (Phi) is 8.84. The predicted molar refractivity (Wildman–Crippen MR) is 97.1 cm³/mol. The van der Waals surface area contributed by atoms with Crippen molar-refractivity contribution in [3.05, 3.63) is 0 Å². The first-order valence-electron chi connectivity index (χ1n) is 8.12. The number of likely N-dealkylation sites (tertiary alicyclic amines) is 1. The second-order valence-electron chi connectivity index (χ2n) is 5.82. The predicted octanol–water partition coefficient (Wildman–Crippen LogP) is 2.59. The topological polar surface area (TPSA) is 39.7 Å². The van der Waals surface area contributed by atoms with Crippen LogP contribution >= 0.6 is 24.0 Å². The standard InChI is InChI=1S/C15H30N4.HI/c1-3-10-17-15(16-4-2)18-13-9-11-19(12-13)14-7-5-6-8-14;/h13-14H,3-12H2,1-2H3,(H2,16,17,18);1H. The molecule has 2 aliphatic rings. The molecule has 118 valence electrons. The van der Waals surface area contributed by atoms with Crippen molar-refractivity contribution in [2.45, 2.75) is 64.5 Å². The van der Waals surface area contributed by atoms with E-state index in [9.17, 15) is 0 Å². The normalized spacial score (nSPS) is 24.7. The Balaban J connectivity index is 0.00000200. The lowest BCUT2D eigenvalue weighted by molar-refractivity contribution is 0.242.